The first-order valence-electron chi connectivity index (χ1n) is 10.1. The van der Waals surface area contributed by atoms with Crippen molar-refractivity contribution in [1.29, 1.82) is 0 Å². The van der Waals surface area contributed by atoms with E-state index in [1.807, 2.05) is 0 Å². The second-order valence-electron chi connectivity index (χ2n) is 6.98. The van der Waals surface area contributed by atoms with E-state index in [0.717, 1.165) is 12.8 Å². The van der Waals surface area contributed by atoms with E-state index in [1.54, 1.807) is 0 Å². The predicted molar refractivity (Wildman–Crippen MR) is 100 cm³/mol. The van der Waals surface area contributed by atoms with Crippen LogP contribution in [0.5, 0.6) is 0 Å². The Morgan fingerprint density at radius 3 is 1.46 bits per heavy atom. The zero-order valence-electron chi connectivity index (χ0n) is 15.9. The quantitative estimate of drug-likeness (QED) is 0.346. The van der Waals surface area contributed by atoms with E-state index in [-0.39, 0.29) is 5.91 Å². The topological polar surface area (TPSA) is 66.4 Å². The molecule has 0 saturated heterocycles. The van der Waals surface area contributed by atoms with Crippen LogP contribution in [0.15, 0.2) is 0 Å². The lowest BCUT2D eigenvalue weighted by atomic mass is 10.0. The van der Waals surface area contributed by atoms with Gasteiger partial charge in [-0.1, -0.05) is 96.8 Å². The Kier molecular flexibility index (Phi) is 16.0. The van der Waals surface area contributed by atoms with Gasteiger partial charge in [-0.2, -0.15) is 0 Å². The van der Waals surface area contributed by atoms with Crippen LogP contribution in [-0.2, 0) is 9.59 Å². The lowest BCUT2D eigenvalue weighted by molar-refractivity contribution is -0.141. The summed E-state index contributed by atoms with van der Waals surface area (Å²) >= 11 is 0. The van der Waals surface area contributed by atoms with Crippen LogP contribution in [0, 0.1) is 0 Å². The number of aliphatic carboxylic acids is 1. The van der Waals surface area contributed by atoms with Gasteiger partial charge in [-0.3, -0.25) is 4.79 Å². The van der Waals surface area contributed by atoms with Crippen molar-refractivity contribution in [3.63, 3.8) is 0 Å². The van der Waals surface area contributed by atoms with Crippen molar-refractivity contribution in [2.75, 3.05) is 0 Å². The Hall–Kier alpha value is -1.06. The molecule has 0 aromatic rings. The molecule has 0 aliphatic carbocycles. The van der Waals surface area contributed by atoms with E-state index in [0.29, 0.717) is 6.42 Å². The van der Waals surface area contributed by atoms with Crippen molar-refractivity contribution in [1.82, 2.24) is 5.32 Å². The van der Waals surface area contributed by atoms with Gasteiger partial charge >= 0.3 is 5.97 Å². The van der Waals surface area contributed by atoms with Gasteiger partial charge in [0.15, 0.2) is 0 Å². The second kappa shape index (κ2) is 16.8. The van der Waals surface area contributed by atoms with Crippen molar-refractivity contribution in [2.24, 2.45) is 0 Å². The minimum Gasteiger partial charge on any atom is -0.480 e. The summed E-state index contributed by atoms with van der Waals surface area (Å²) in [6.07, 6.45) is 18.6. The Morgan fingerprint density at radius 2 is 1.12 bits per heavy atom. The first kappa shape index (κ1) is 22.9. The van der Waals surface area contributed by atoms with Crippen LogP contribution in [0.4, 0.5) is 0 Å². The zero-order chi connectivity index (χ0) is 18.0. The first-order chi connectivity index (χ1) is 11.6. The number of amides is 1. The summed E-state index contributed by atoms with van der Waals surface area (Å²) in [5.41, 5.74) is 0. The summed E-state index contributed by atoms with van der Waals surface area (Å²) in [5, 5.41) is 11.5. The van der Waals surface area contributed by atoms with Gasteiger partial charge < -0.3 is 10.4 Å². The molecule has 0 radical (unpaired) electrons. The Bertz CT molecular complexity index is 318. The number of nitrogens with one attached hydrogen (secondary N) is 1. The van der Waals surface area contributed by atoms with Gasteiger partial charge in [-0.05, 0) is 6.42 Å². The van der Waals surface area contributed by atoms with Gasteiger partial charge in [0.1, 0.15) is 6.04 Å². The number of hydrogen-bond acceptors (Lipinski definition) is 2. The molecule has 142 valence electrons. The lowest BCUT2D eigenvalue weighted by Gasteiger charge is -2.12. The maximum atomic E-state index is 11.0. The van der Waals surface area contributed by atoms with Crippen LogP contribution in [0.3, 0.4) is 0 Å². The molecule has 1 atom stereocenters. The number of hydrogen-bond donors (Lipinski definition) is 2. The fourth-order valence-corrected chi connectivity index (χ4v) is 3.05. The van der Waals surface area contributed by atoms with Crippen LogP contribution in [-0.4, -0.2) is 23.0 Å². The number of unbranched alkanes of at least 4 members (excludes halogenated alkanes) is 13. The number of carbonyl (C=O) groups is 2. The highest BCUT2D eigenvalue weighted by Gasteiger charge is 2.17. The van der Waals surface area contributed by atoms with Crippen LogP contribution >= 0.6 is 0 Å². The van der Waals surface area contributed by atoms with Gasteiger partial charge in [-0.15, -0.1) is 0 Å². The SMILES string of the molecule is CCCCCCCCCCCCCCCC[C@H](NC(C)=O)C(=O)O. The minimum absolute atomic E-state index is 0.271. The van der Waals surface area contributed by atoms with E-state index in [4.69, 9.17) is 5.11 Å². The molecule has 0 unspecified atom stereocenters. The summed E-state index contributed by atoms with van der Waals surface area (Å²) in [7, 11) is 0. The average Bonchev–Trinajstić information content (AvgIpc) is 2.53. The highest BCUT2D eigenvalue weighted by Crippen LogP contribution is 2.13. The van der Waals surface area contributed by atoms with Crippen LogP contribution < -0.4 is 5.32 Å². The number of rotatable bonds is 17. The third kappa shape index (κ3) is 15.8. The highest BCUT2D eigenvalue weighted by molar-refractivity contribution is 5.81. The molecule has 0 aromatic carbocycles. The fourth-order valence-electron chi connectivity index (χ4n) is 3.05. The molecule has 0 heterocycles. The van der Waals surface area contributed by atoms with E-state index in [1.165, 1.54) is 84.0 Å². The zero-order valence-corrected chi connectivity index (χ0v) is 15.9. The lowest BCUT2D eigenvalue weighted by Crippen LogP contribution is -2.39. The van der Waals surface area contributed by atoms with Crippen molar-refractivity contribution >= 4 is 11.9 Å². The minimum atomic E-state index is -0.931. The van der Waals surface area contributed by atoms with E-state index < -0.39 is 12.0 Å². The smallest absolute Gasteiger partial charge is 0.326 e. The largest absolute Gasteiger partial charge is 0.480 e. The number of carbonyl (C=O) groups excluding carboxylic acids is 1. The molecule has 1 amide bonds. The second-order valence-corrected chi connectivity index (χ2v) is 6.98. The molecule has 0 bridgehead atoms. The molecular formula is C20H39NO3. The normalized spacial score (nSPS) is 12.1. The van der Waals surface area contributed by atoms with Gasteiger partial charge in [0.25, 0.3) is 0 Å². The van der Waals surface area contributed by atoms with Crippen LogP contribution in [0.25, 0.3) is 0 Å². The highest BCUT2D eigenvalue weighted by atomic mass is 16.4. The van der Waals surface area contributed by atoms with Gasteiger partial charge in [0.05, 0.1) is 0 Å². The Labute approximate surface area is 148 Å². The molecule has 0 saturated carbocycles. The summed E-state index contributed by atoms with van der Waals surface area (Å²) < 4.78 is 0. The average molecular weight is 342 g/mol. The first-order valence-corrected chi connectivity index (χ1v) is 10.1. The Balaban J connectivity index is 3.30. The van der Waals surface area contributed by atoms with Crippen LogP contribution in [0.1, 0.15) is 110 Å². The number of carboxylic acids is 1. The molecule has 0 aromatic heterocycles. The molecular weight excluding hydrogens is 302 g/mol. The van der Waals surface area contributed by atoms with Gasteiger partial charge in [-0.25, -0.2) is 4.79 Å². The van der Waals surface area contributed by atoms with Crippen molar-refractivity contribution < 1.29 is 14.7 Å². The molecule has 4 nitrogen and oxygen atoms in total. The third-order valence-corrected chi connectivity index (χ3v) is 4.52. The predicted octanol–water partition coefficient (Wildman–Crippen LogP) is 5.45. The summed E-state index contributed by atoms with van der Waals surface area (Å²) in [5.74, 6) is -1.20. The molecule has 0 rings (SSSR count). The van der Waals surface area contributed by atoms with E-state index in [2.05, 4.69) is 12.2 Å². The van der Waals surface area contributed by atoms with Crippen molar-refractivity contribution in [3.05, 3.63) is 0 Å². The van der Waals surface area contributed by atoms with Crippen molar-refractivity contribution in [2.45, 2.75) is 116 Å². The number of carboxylic acid groups (broad SMARTS) is 1. The molecule has 0 spiro atoms. The Morgan fingerprint density at radius 1 is 0.750 bits per heavy atom. The van der Waals surface area contributed by atoms with Gasteiger partial charge in [0, 0.05) is 6.92 Å². The maximum Gasteiger partial charge on any atom is 0.326 e. The summed E-state index contributed by atoms with van der Waals surface area (Å²) in [6, 6.07) is -0.722. The fraction of sp³-hybridized carbons (Fsp3) is 0.900. The molecule has 24 heavy (non-hydrogen) atoms. The third-order valence-electron chi connectivity index (χ3n) is 4.52. The molecule has 2 N–H and O–H groups in total. The summed E-state index contributed by atoms with van der Waals surface area (Å²) in [4.78, 5) is 21.9. The van der Waals surface area contributed by atoms with Gasteiger partial charge in [0.2, 0.25) is 5.91 Å². The molecule has 0 fully saturated rings. The molecule has 4 heteroatoms. The summed E-state index contributed by atoms with van der Waals surface area (Å²) in [6.45, 7) is 3.62. The van der Waals surface area contributed by atoms with Crippen molar-refractivity contribution in [3.8, 4) is 0 Å². The maximum absolute atomic E-state index is 11.0. The molecule has 0 aliphatic rings. The molecule has 0 aliphatic heterocycles. The van der Waals surface area contributed by atoms with Crippen LogP contribution in [0.2, 0.25) is 0 Å². The van der Waals surface area contributed by atoms with E-state index >= 15 is 0 Å². The monoisotopic (exact) mass is 341 g/mol. The van der Waals surface area contributed by atoms with E-state index in [9.17, 15) is 9.59 Å². The standard InChI is InChI=1S/C20H39NO3/c1-3-4-5-6-7-8-9-10-11-12-13-14-15-16-17-19(20(23)24)21-18(2)22/h19H,3-17H2,1-2H3,(H,21,22)(H,23,24)/t19-/m0/s1.